The van der Waals surface area contributed by atoms with E-state index in [4.69, 9.17) is 4.74 Å². The molecule has 1 amide bonds. The van der Waals surface area contributed by atoms with E-state index in [1.165, 1.54) is 5.56 Å². The number of piperidine rings is 1. The van der Waals surface area contributed by atoms with Gasteiger partial charge in [-0.25, -0.2) is 4.79 Å². The molecule has 0 bridgehead atoms. The molecule has 1 aliphatic heterocycles. The molecule has 21 heavy (non-hydrogen) atoms. The zero-order valence-corrected chi connectivity index (χ0v) is 13.5. The Labute approximate surface area is 127 Å². The van der Waals surface area contributed by atoms with E-state index >= 15 is 0 Å². The molecule has 4 nitrogen and oxygen atoms in total. The molecule has 1 aliphatic rings. The average Bonchev–Trinajstić information content (AvgIpc) is 2.40. The van der Waals surface area contributed by atoms with Gasteiger partial charge in [0.1, 0.15) is 5.60 Å². The molecular weight excluding hydrogens is 264 g/mol. The van der Waals surface area contributed by atoms with Crippen LogP contribution >= 0.6 is 0 Å². The molecule has 1 heterocycles. The monoisotopic (exact) mass is 290 g/mol. The summed E-state index contributed by atoms with van der Waals surface area (Å²) in [7, 11) is 0. The van der Waals surface area contributed by atoms with E-state index < -0.39 is 5.60 Å². The molecule has 1 aromatic rings. The molecule has 0 aliphatic carbocycles. The molecular formula is C17H26N2O2. The smallest absolute Gasteiger partial charge is 0.410 e. The number of nitrogens with zero attached hydrogens (tertiary/aromatic N) is 1. The summed E-state index contributed by atoms with van der Waals surface area (Å²) in [5.41, 5.74) is 1.94. The molecule has 1 unspecified atom stereocenters. The topological polar surface area (TPSA) is 41.6 Å². The third kappa shape index (κ3) is 4.66. The maximum absolute atomic E-state index is 12.2. The van der Waals surface area contributed by atoms with Crippen molar-refractivity contribution < 1.29 is 9.53 Å². The number of aryl methyl sites for hydroxylation is 1. The normalized spacial score (nSPS) is 19.2. The van der Waals surface area contributed by atoms with Crippen LogP contribution in [0.1, 0.15) is 39.2 Å². The number of nitrogens with one attached hydrogen (secondary N) is 1. The summed E-state index contributed by atoms with van der Waals surface area (Å²) >= 11 is 0. The number of carbonyl (C=O) groups is 1. The highest BCUT2D eigenvalue weighted by molar-refractivity contribution is 5.68. The molecule has 0 spiro atoms. The Morgan fingerprint density at radius 3 is 2.71 bits per heavy atom. The predicted octanol–water partition coefficient (Wildman–Crippen LogP) is 3.81. The first kappa shape index (κ1) is 15.7. The van der Waals surface area contributed by atoms with E-state index in [9.17, 15) is 4.79 Å². The fourth-order valence-corrected chi connectivity index (χ4v) is 2.54. The van der Waals surface area contributed by atoms with E-state index in [1.807, 2.05) is 37.8 Å². The van der Waals surface area contributed by atoms with Gasteiger partial charge in [-0.05, 0) is 52.2 Å². The van der Waals surface area contributed by atoms with Crippen LogP contribution in [0.2, 0.25) is 0 Å². The Bertz CT molecular complexity index is 494. The Morgan fingerprint density at radius 1 is 1.33 bits per heavy atom. The highest BCUT2D eigenvalue weighted by atomic mass is 16.6. The van der Waals surface area contributed by atoms with Crippen LogP contribution in [-0.2, 0) is 4.74 Å². The second-order valence-electron chi connectivity index (χ2n) is 6.72. The van der Waals surface area contributed by atoms with Crippen LogP contribution in [0.3, 0.4) is 0 Å². The van der Waals surface area contributed by atoms with Crippen LogP contribution < -0.4 is 5.32 Å². The van der Waals surface area contributed by atoms with Crippen molar-refractivity contribution in [2.75, 3.05) is 18.4 Å². The highest BCUT2D eigenvalue weighted by Crippen LogP contribution is 2.20. The van der Waals surface area contributed by atoms with Gasteiger partial charge in [0.15, 0.2) is 0 Å². The number of likely N-dealkylation sites (tertiary alicyclic amines) is 1. The van der Waals surface area contributed by atoms with Gasteiger partial charge in [0, 0.05) is 24.8 Å². The predicted molar refractivity (Wildman–Crippen MR) is 85.6 cm³/mol. The largest absolute Gasteiger partial charge is 0.444 e. The molecule has 0 aromatic heterocycles. The van der Waals surface area contributed by atoms with Gasteiger partial charge >= 0.3 is 6.09 Å². The molecule has 1 saturated heterocycles. The van der Waals surface area contributed by atoms with Crippen molar-refractivity contribution in [2.45, 2.75) is 52.2 Å². The average molecular weight is 290 g/mol. The molecule has 1 atom stereocenters. The Balaban J connectivity index is 1.95. The van der Waals surface area contributed by atoms with Gasteiger partial charge in [-0.1, -0.05) is 18.2 Å². The van der Waals surface area contributed by atoms with Gasteiger partial charge < -0.3 is 15.0 Å². The number of carbonyl (C=O) groups excluding carboxylic acids is 1. The number of rotatable bonds is 2. The number of ether oxygens (including phenoxy) is 1. The van der Waals surface area contributed by atoms with Crippen molar-refractivity contribution >= 4 is 11.8 Å². The lowest BCUT2D eigenvalue weighted by atomic mass is 10.0. The maximum Gasteiger partial charge on any atom is 0.410 e. The summed E-state index contributed by atoms with van der Waals surface area (Å²) in [5, 5.41) is 3.55. The summed E-state index contributed by atoms with van der Waals surface area (Å²) in [6, 6.07) is 8.53. The summed E-state index contributed by atoms with van der Waals surface area (Å²) in [6.45, 7) is 9.27. The van der Waals surface area contributed by atoms with Crippen molar-refractivity contribution in [3.8, 4) is 0 Å². The molecule has 4 heteroatoms. The number of para-hydroxylation sites is 1. The number of hydrogen-bond acceptors (Lipinski definition) is 3. The molecule has 0 radical (unpaired) electrons. The lowest BCUT2D eigenvalue weighted by Crippen LogP contribution is -2.47. The second kappa shape index (κ2) is 6.37. The van der Waals surface area contributed by atoms with Gasteiger partial charge in [-0.15, -0.1) is 0 Å². The third-order valence-electron chi connectivity index (χ3n) is 3.58. The van der Waals surface area contributed by atoms with E-state index in [2.05, 4.69) is 24.4 Å². The second-order valence-corrected chi connectivity index (χ2v) is 6.72. The summed E-state index contributed by atoms with van der Waals surface area (Å²) in [4.78, 5) is 14.0. The van der Waals surface area contributed by atoms with Crippen molar-refractivity contribution in [3.63, 3.8) is 0 Å². The van der Waals surface area contributed by atoms with E-state index in [0.29, 0.717) is 6.54 Å². The standard InChI is InChI=1S/C17H26N2O2/c1-13-8-5-6-10-15(13)18-14-9-7-11-19(12-14)16(20)21-17(2,3)4/h5-6,8,10,14,18H,7,9,11-12H2,1-4H3. The fraction of sp³-hybridized carbons (Fsp3) is 0.588. The van der Waals surface area contributed by atoms with Gasteiger partial charge in [0.25, 0.3) is 0 Å². The quantitative estimate of drug-likeness (QED) is 0.900. The Morgan fingerprint density at radius 2 is 2.05 bits per heavy atom. The fourth-order valence-electron chi connectivity index (χ4n) is 2.54. The van der Waals surface area contributed by atoms with Crippen LogP contribution in [0.15, 0.2) is 24.3 Å². The van der Waals surface area contributed by atoms with Crippen LogP contribution in [-0.4, -0.2) is 35.7 Å². The summed E-state index contributed by atoms with van der Waals surface area (Å²) in [6.07, 6.45) is 1.87. The third-order valence-corrected chi connectivity index (χ3v) is 3.58. The van der Waals surface area contributed by atoms with Crippen LogP contribution in [0.4, 0.5) is 10.5 Å². The Hall–Kier alpha value is -1.71. The lowest BCUT2D eigenvalue weighted by Gasteiger charge is -2.35. The van der Waals surface area contributed by atoms with Gasteiger partial charge in [0.05, 0.1) is 0 Å². The maximum atomic E-state index is 12.2. The first-order chi connectivity index (χ1) is 9.85. The minimum absolute atomic E-state index is 0.209. The van der Waals surface area contributed by atoms with E-state index in [-0.39, 0.29) is 12.1 Å². The van der Waals surface area contributed by atoms with Gasteiger partial charge in [0.2, 0.25) is 0 Å². The van der Waals surface area contributed by atoms with Crippen LogP contribution in [0.25, 0.3) is 0 Å². The molecule has 1 fully saturated rings. The molecule has 1 N–H and O–H groups in total. The number of hydrogen-bond donors (Lipinski definition) is 1. The zero-order chi connectivity index (χ0) is 15.5. The van der Waals surface area contributed by atoms with Gasteiger partial charge in [-0.2, -0.15) is 0 Å². The highest BCUT2D eigenvalue weighted by Gasteiger charge is 2.27. The van der Waals surface area contributed by atoms with Crippen molar-refractivity contribution in [3.05, 3.63) is 29.8 Å². The van der Waals surface area contributed by atoms with Crippen LogP contribution in [0.5, 0.6) is 0 Å². The number of amides is 1. The van der Waals surface area contributed by atoms with Crippen molar-refractivity contribution in [1.82, 2.24) is 4.90 Å². The summed E-state index contributed by atoms with van der Waals surface area (Å²) < 4.78 is 5.46. The first-order valence-corrected chi connectivity index (χ1v) is 7.65. The first-order valence-electron chi connectivity index (χ1n) is 7.65. The summed E-state index contributed by atoms with van der Waals surface area (Å²) in [5.74, 6) is 0. The minimum Gasteiger partial charge on any atom is -0.444 e. The van der Waals surface area contributed by atoms with E-state index in [0.717, 1.165) is 25.1 Å². The number of anilines is 1. The molecule has 0 saturated carbocycles. The lowest BCUT2D eigenvalue weighted by molar-refractivity contribution is 0.0206. The Kier molecular flexibility index (Phi) is 4.76. The number of benzene rings is 1. The SMILES string of the molecule is Cc1ccccc1NC1CCCN(C(=O)OC(C)(C)C)C1. The molecule has 1 aromatic carbocycles. The zero-order valence-electron chi connectivity index (χ0n) is 13.5. The molecule has 2 rings (SSSR count). The van der Waals surface area contributed by atoms with Crippen LogP contribution in [0, 0.1) is 6.92 Å². The van der Waals surface area contributed by atoms with Gasteiger partial charge in [-0.3, -0.25) is 0 Å². The van der Waals surface area contributed by atoms with Crippen molar-refractivity contribution in [1.29, 1.82) is 0 Å². The molecule has 116 valence electrons. The minimum atomic E-state index is -0.437. The van der Waals surface area contributed by atoms with Crippen molar-refractivity contribution in [2.24, 2.45) is 0 Å². The van der Waals surface area contributed by atoms with E-state index in [1.54, 1.807) is 0 Å².